The molecule has 36 heavy (non-hydrogen) atoms. The van der Waals surface area contributed by atoms with E-state index in [4.69, 9.17) is 14.2 Å². The summed E-state index contributed by atoms with van der Waals surface area (Å²) in [4.78, 5) is 33.8. The van der Waals surface area contributed by atoms with Crippen LogP contribution in [0.1, 0.15) is 30.9 Å². The Morgan fingerprint density at radius 3 is 2.61 bits per heavy atom. The summed E-state index contributed by atoms with van der Waals surface area (Å²) in [5, 5.41) is 47.7. The second-order valence-electron chi connectivity index (χ2n) is 8.15. The molecule has 7 N–H and O–H groups in total. The molecule has 1 saturated heterocycles. The minimum atomic E-state index is -1.84. The van der Waals surface area contributed by atoms with Gasteiger partial charge in [-0.1, -0.05) is 13.0 Å². The molecule has 0 spiro atoms. The van der Waals surface area contributed by atoms with Gasteiger partial charge in [-0.3, -0.25) is 9.59 Å². The zero-order valence-electron chi connectivity index (χ0n) is 20.1. The van der Waals surface area contributed by atoms with Crippen LogP contribution in [0.3, 0.4) is 0 Å². The lowest BCUT2D eigenvalue weighted by molar-refractivity contribution is -0.271. The first-order valence-corrected chi connectivity index (χ1v) is 11.7. The van der Waals surface area contributed by atoms with Gasteiger partial charge in [0.25, 0.3) is 0 Å². The average molecular weight is 514 g/mol. The normalized spacial score (nSPS) is 23.6. The summed E-state index contributed by atoms with van der Waals surface area (Å²) < 4.78 is 16.6. The predicted molar refractivity (Wildman–Crippen MR) is 125 cm³/mol. The van der Waals surface area contributed by atoms with Gasteiger partial charge < -0.3 is 50.6 Å². The molecule has 0 saturated carbocycles. The molecule has 1 aromatic carbocycles. The van der Waals surface area contributed by atoms with Crippen molar-refractivity contribution < 1.29 is 49.0 Å². The molecule has 1 fully saturated rings. The van der Waals surface area contributed by atoms with E-state index in [1.165, 1.54) is 0 Å². The molecule has 13 heteroatoms. The minimum absolute atomic E-state index is 0.0138. The molecule has 0 bridgehead atoms. The Morgan fingerprint density at radius 1 is 1.14 bits per heavy atom. The van der Waals surface area contributed by atoms with Crippen LogP contribution in [0.25, 0.3) is 0 Å². The second kappa shape index (κ2) is 15.3. The Morgan fingerprint density at radius 2 is 1.92 bits per heavy atom. The largest absolute Gasteiger partial charge is 0.479 e. The maximum absolute atomic E-state index is 12.1. The Kier molecular flexibility index (Phi) is 12.5. The van der Waals surface area contributed by atoms with Crippen molar-refractivity contribution in [2.24, 2.45) is 0 Å². The number of carboxylic acids is 1. The van der Waals surface area contributed by atoms with E-state index in [1.807, 2.05) is 6.92 Å². The maximum Gasteiger partial charge on any atom is 0.335 e. The van der Waals surface area contributed by atoms with E-state index >= 15 is 0 Å². The highest BCUT2D eigenvalue weighted by atomic mass is 16.7. The number of aliphatic hydroxyl groups is 3. The Bertz CT molecular complexity index is 855. The zero-order chi connectivity index (χ0) is 26.5. The molecule has 5 atom stereocenters. The van der Waals surface area contributed by atoms with Gasteiger partial charge in [0, 0.05) is 31.7 Å². The SMILES string of the molecule is CCNCCCOCc1ccc(OC2OC(C(=O)O)C(O)C(O)C2O)c(CNC(=O)CCNC=O)c1. The number of aliphatic carboxylic acids is 1. The fourth-order valence-electron chi connectivity index (χ4n) is 3.44. The third-order valence-corrected chi connectivity index (χ3v) is 5.40. The minimum Gasteiger partial charge on any atom is -0.479 e. The zero-order valence-corrected chi connectivity index (χ0v) is 20.1. The monoisotopic (exact) mass is 513 g/mol. The molecule has 0 aliphatic carbocycles. The number of hydrogen-bond acceptors (Lipinski definition) is 10. The highest BCUT2D eigenvalue weighted by molar-refractivity contribution is 5.76. The van der Waals surface area contributed by atoms with E-state index in [0.717, 1.165) is 25.1 Å². The van der Waals surface area contributed by atoms with Crippen molar-refractivity contribution in [1.29, 1.82) is 0 Å². The fraction of sp³-hybridized carbons (Fsp3) is 0.609. The molecular formula is C23H35N3O10. The number of amides is 2. The van der Waals surface area contributed by atoms with Crippen LogP contribution in [0.4, 0.5) is 0 Å². The van der Waals surface area contributed by atoms with Crippen molar-refractivity contribution in [2.75, 3.05) is 26.2 Å². The molecule has 5 unspecified atom stereocenters. The summed E-state index contributed by atoms with van der Waals surface area (Å²) in [5.74, 6) is -1.70. The van der Waals surface area contributed by atoms with Gasteiger partial charge in [0.05, 0.1) is 6.61 Å². The summed E-state index contributed by atoms with van der Waals surface area (Å²) in [6.07, 6.45) is -7.41. The van der Waals surface area contributed by atoms with Gasteiger partial charge in [-0.15, -0.1) is 0 Å². The summed E-state index contributed by atoms with van der Waals surface area (Å²) in [7, 11) is 0. The van der Waals surface area contributed by atoms with E-state index in [-0.39, 0.29) is 31.2 Å². The number of carbonyl (C=O) groups is 3. The van der Waals surface area contributed by atoms with Crippen molar-refractivity contribution in [2.45, 2.75) is 63.6 Å². The maximum atomic E-state index is 12.1. The summed E-state index contributed by atoms with van der Waals surface area (Å²) >= 11 is 0. The van der Waals surface area contributed by atoms with Gasteiger partial charge in [0.15, 0.2) is 6.10 Å². The lowest BCUT2D eigenvalue weighted by Gasteiger charge is -2.38. The third kappa shape index (κ3) is 9.00. The van der Waals surface area contributed by atoms with Gasteiger partial charge in [-0.2, -0.15) is 0 Å². The fourth-order valence-corrected chi connectivity index (χ4v) is 3.44. The van der Waals surface area contributed by atoms with E-state index in [9.17, 15) is 34.8 Å². The topological polar surface area (TPSA) is 196 Å². The van der Waals surface area contributed by atoms with Crippen LogP contribution in [0.2, 0.25) is 0 Å². The molecule has 0 radical (unpaired) electrons. The molecule has 1 heterocycles. The van der Waals surface area contributed by atoms with Crippen LogP contribution in [-0.2, 0) is 37.0 Å². The summed E-state index contributed by atoms with van der Waals surface area (Å²) in [6, 6.07) is 4.98. The van der Waals surface area contributed by atoms with Gasteiger partial charge >= 0.3 is 5.97 Å². The Balaban J connectivity index is 2.12. The smallest absolute Gasteiger partial charge is 0.335 e. The van der Waals surface area contributed by atoms with Crippen molar-refractivity contribution in [1.82, 2.24) is 16.0 Å². The summed E-state index contributed by atoms with van der Waals surface area (Å²) in [6.45, 7) is 4.75. The van der Waals surface area contributed by atoms with Crippen LogP contribution in [0.5, 0.6) is 5.75 Å². The number of carbonyl (C=O) groups excluding carboxylic acids is 2. The Hall–Kier alpha value is -2.81. The van der Waals surface area contributed by atoms with Gasteiger partial charge in [-0.25, -0.2) is 4.79 Å². The van der Waals surface area contributed by atoms with Crippen LogP contribution in [0, 0.1) is 0 Å². The van der Waals surface area contributed by atoms with Crippen LogP contribution >= 0.6 is 0 Å². The van der Waals surface area contributed by atoms with E-state index < -0.39 is 36.7 Å². The lowest BCUT2D eigenvalue weighted by Crippen LogP contribution is -2.61. The number of aliphatic hydroxyl groups excluding tert-OH is 3. The molecule has 13 nitrogen and oxygen atoms in total. The second-order valence-corrected chi connectivity index (χ2v) is 8.15. The van der Waals surface area contributed by atoms with E-state index in [0.29, 0.717) is 25.2 Å². The van der Waals surface area contributed by atoms with Crippen molar-refractivity contribution in [3.05, 3.63) is 29.3 Å². The highest BCUT2D eigenvalue weighted by Crippen LogP contribution is 2.28. The number of hydrogen-bond donors (Lipinski definition) is 7. The molecule has 2 amide bonds. The number of ether oxygens (including phenoxy) is 3. The standard InChI is InChI=1S/C23H35N3O10/c1-2-24-7-3-9-34-12-14-4-5-16(15(10-14)11-26-17(28)6-8-25-13-27)35-23-20(31)18(29)19(30)21(36-23)22(32)33/h4-5,10,13,18-21,23-24,29-31H,2-3,6-9,11-12H2,1H3,(H,25,27)(H,26,28)(H,32,33). The lowest BCUT2D eigenvalue weighted by atomic mass is 9.99. The number of benzene rings is 1. The first kappa shape index (κ1) is 29.4. The molecule has 1 aliphatic heterocycles. The van der Waals surface area contributed by atoms with E-state index in [2.05, 4.69) is 16.0 Å². The first-order valence-electron chi connectivity index (χ1n) is 11.7. The highest BCUT2D eigenvalue weighted by Gasteiger charge is 2.48. The van der Waals surface area contributed by atoms with Crippen molar-refractivity contribution >= 4 is 18.3 Å². The quantitative estimate of drug-likeness (QED) is 0.0975. The molecule has 2 rings (SSSR count). The van der Waals surface area contributed by atoms with Crippen molar-refractivity contribution in [3.63, 3.8) is 0 Å². The van der Waals surface area contributed by atoms with Gasteiger partial charge in [0.1, 0.15) is 24.1 Å². The summed E-state index contributed by atoms with van der Waals surface area (Å²) in [5.41, 5.74) is 1.25. The van der Waals surface area contributed by atoms with Crippen LogP contribution in [0.15, 0.2) is 18.2 Å². The van der Waals surface area contributed by atoms with Gasteiger partial charge in [0.2, 0.25) is 18.6 Å². The predicted octanol–water partition coefficient (Wildman–Crippen LogP) is -1.77. The number of carboxylic acid groups (broad SMARTS) is 1. The molecule has 1 aromatic rings. The average Bonchev–Trinajstić information content (AvgIpc) is 2.86. The Labute approximate surface area is 208 Å². The first-order chi connectivity index (χ1) is 17.3. The van der Waals surface area contributed by atoms with Crippen LogP contribution in [-0.4, -0.2) is 95.7 Å². The number of rotatable bonds is 16. The molecule has 0 aromatic heterocycles. The third-order valence-electron chi connectivity index (χ3n) is 5.40. The molecule has 202 valence electrons. The van der Waals surface area contributed by atoms with Crippen molar-refractivity contribution in [3.8, 4) is 5.75 Å². The molecular weight excluding hydrogens is 478 g/mol. The van der Waals surface area contributed by atoms with E-state index in [1.54, 1.807) is 18.2 Å². The van der Waals surface area contributed by atoms with Gasteiger partial charge in [-0.05, 0) is 37.2 Å². The van der Waals surface area contributed by atoms with Crippen LogP contribution < -0.4 is 20.7 Å². The number of nitrogens with one attached hydrogen (secondary N) is 3. The molecule has 1 aliphatic rings.